The normalized spacial score (nSPS) is 15.3. The van der Waals surface area contributed by atoms with Gasteiger partial charge in [0.1, 0.15) is 5.82 Å². The molecule has 0 radical (unpaired) electrons. The Morgan fingerprint density at radius 2 is 1.71 bits per heavy atom. The summed E-state index contributed by atoms with van der Waals surface area (Å²) in [7, 11) is 2.11. The first-order valence-corrected chi connectivity index (χ1v) is 8.19. The first-order valence-electron chi connectivity index (χ1n) is 8.19. The number of anilines is 2. The molecule has 0 spiro atoms. The van der Waals surface area contributed by atoms with Gasteiger partial charge in [-0.05, 0) is 30.8 Å². The maximum absolute atomic E-state index is 13.7. The summed E-state index contributed by atoms with van der Waals surface area (Å²) in [6.45, 7) is 3.85. The van der Waals surface area contributed by atoms with Gasteiger partial charge in [-0.25, -0.2) is 4.39 Å². The number of halogens is 1. The monoisotopic (exact) mass is 327 g/mol. The SMILES string of the molecule is CN1CCN(c2ccccc2NC(=O)Cc2ccccc2F)CC1. The van der Waals surface area contributed by atoms with Gasteiger partial charge in [0.25, 0.3) is 0 Å². The molecule has 5 heteroatoms. The molecule has 24 heavy (non-hydrogen) atoms. The predicted molar refractivity (Wildman–Crippen MR) is 94.9 cm³/mol. The number of carbonyl (C=O) groups is 1. The summed E-state index contributed by atoms with van der Waals surface area (Å²) < 4.78 is 13.7. The zero-order chi connectivity index (χ0) is 16.9. The fourth-order valence-corrected chi connectivity index (χ4v) is 2.91. The first kappa shape index (κ1) is 16.5. The van der Waals surface area contributed by atoms with Gasteiger partial charge in [0.05, 0.1) is 17.8 Å². The Morgan fingerprint density at radius 1 is 1.04 bits per heavy atom. The molecule has 2 aromatic carbocycles. The minimum absolute atomic E-state index is 0.0315. The molecule has 0 atom stereocenters. The van der Waals surface area contributed by atoms with E-state index in [4.69, 9.17) is 0 Å². The van der Waals surface area contributed by atoms with Gasteiger partial charge in [-0.15, -0.1) is 0 Å². The van der Waals surface area contributed by atoms with E-state index >= 15 is 0 Å². The highest BCUT2D eigenvalue weighted by atomic mass is 19.1. The molecule has 0 aromatic heterocycles. The smallest absolute Gasteiger partial charge is 0.228 e. The number of likely N-dealkylation sites (N-methyl/N-ethyl adjacent to an activating group) is 1. The minimum atomic E-state index is -0.347. The highest BCUT2D eigenvalue weighted by molar-refractivity contribution is 5.95. The maximum Gasteiger partial charge on any atom is 0.228 e. The zero-order valence-electron chi connectivity index (χ0n) is 13.8. The van der Waals surface area contributed by atoms with Crippen LogP contribution in [0.3, 0.4) is 0 Å². The van der Waals surface area contributed by atoms with Crippen LogP contribution in [0, 0.1) is 5.82 Å². The quantitative estimate of drug-likeness (QED) is 0.938. The number of carbonyl (C=O) groups excluding carboxylic acids is 1. The first-order chi connectivity index (χ1) is 11.6. The van der Waals surface area contributed by atoms with Crippen molar-refractivity contribution in [1.29, 1.82) is 0 Å². The largest absolute Gasteiger partial charge is 0.367 e. The van der Waals surface area contributed by atoms with Gasteiger partial charge in [-0.1, -0.05) is 30.3 Å². The summed E-state index contributed by atoms with van der Waals surface area (Å²) in [6, 6.07) is 14.2. The fourth-order valence-electron chi connectivity index (χ4n) is 2.91. The standard InChI is InChI=1S/C19H22FN3O/c1-22-10-12-23(13-11-22)18-9-5-4-8-17(18)21-19(24)14-15-6-2-3-7-16(15)20/h2-9H,10-14H2,1H3,(H,21,24). The van der Waals surface area contributed by atoms with E-state index in [1.165, 1.54) is 6.07 Å². The van der Waals surface area contributed by atoms with Crippen molar-refractivity contribution in [2.24, 2.45) is 0 Å². The van der Waals surface area contributed by atoms with E-state index in [0.29, 0.717) is 5.56 Å². The van der Waals surface area contributed by atoms with Crippen LogP contribution in [0.4, 0.5) is 15.8 Å². The van der Waals surface area contributed by atoms with Crippen LogP contribution in [0.15, 0.2) is 48.5 Å². The Morgan fingerprint density at radius 3 is 2.46 bits per heavy atom. The molecule has 1 aliphatic heterocycles. The van der Waals surface area contributed by atoms with E-state index in [1.54, 1.807) is 18.2 Å². The number of amides is 1. The van der Waals surface area contributed by atoms with Crippen LogP contribution in [-0.4, -0.2) is 44.0 Å². The lowest BCUT2D eigenvalue weighted by molar-refractivity contribution is -0.115. The predicted octanol–water partition coefficient (Wildman–Crippen LogP) is 2.76. The number of benzene rings is 2. The average molecular weight is 327 g/mol. The lowest BCUT2D eigenvalue weighted by Gasteiger charge is -2.35. The summed E-state index contributed by atoms with van der Waals surface area (Å²) in [5.41, 5.74) is 2.21. The van der Waals surface area contributed by atoms with Gasteiger partial charge in [-0.2, -0.15) is 0 Å². The molecular formula is C19H22FN3O. The van der Waals surface area contributed by atoms with Crippen molar-refractivity contribution in [3.8, 4) is 0 Å². The van der Waals surface area contributed by atoms with Crippen LogP contribution in [0.25, 0.3) is 0 Å². The third-order valence-corrected chi connectivity index (χ3v) is 4.33. The van der Waals surface area contributed by atoms with Crippen LogP contribution in [-0.2, 0) is 11.2 Å². The van der Waals surface area contributed by atoms with Crippen LogP contribution in [0.1, 0.15) is 5.56 Å². The molecule has 1 heterocycles. The van der Waals surface area contributed by atoms with Gasteiger partial charge >= 0.3 is 0 Å². The maximum atomic E-state index is 13.7. The molecule has 4 nitrogen and oxygen atoms in total. The Balaban J connectivity index is 1.71. The number of piperazine rings is 1. The van der Waals surface area contributed by atoms with Crippen molar-refractivity contribution in [1.82, 2.24) is 4.90 Å². The molecule has 1 N–H and O–H groups in total. The second-order valence-corrected chi connectivity index (χ2v) is 6.12. The second kappa shape index (κ2) is 7.45. The summed E-state index contributed by atoms with van der Waals surface area (Å²) in [6.07, 6.45) is 0.0315. The number of hydrogen-bond acceptors (Lipinski definition) is 3. The fraction of sp³-hybridized carbons (Fsp3) is 0.316. The van der Waals surface area contributed by atoms with Crippen molar-refractivity contribution in [3.63, 3.8) is 0 Å². The molecule has 2 aromatic rings. The molecule has 0 unspecified atom stereocenters. The van der Waals surface area contributed by atoms with E-state index in [-0.39, 0.29) is 18.1 Å². The molecule has 1 aliphatic rings. The van der Waals surface area contributed by atoms with E-state index in [9.17, 15) is 9.18 Å². The van der Waals surface area contributed by atoms with Crippen molar-refractivity contribution in [2.75, 3.05) is 43.4 Å². The topological polar surface area (TPSA) is 35.6 Å². The number of para-hydroxylation sites is 2. The minimum Gasteiger partial charge on any atom is -0.367 e. The van der Waals surface area contributed by atoms with Crippen LogP contribution >= 0.6 is 0 Å². The third-order valence-electron chi connectivity index (χ3n) is 4.33. The van der Waals surface area contributed by atoms with Gasteiger partial charge in [0.15, 0.2) is 0 Å². The van der Waals surface area contributed by atoms with E-state index in [0.717, 1.165) is 37.6 Å². The van der Waals surface area contributed by atoms with Gasteiger partial charge in [-0.3, -0.25) is 4.79 Å². The Labute approximate surface area is 141 Å². The second-order valence-electron chi connectivity index (χ2n) is 6.12. The molecule has 1 amide bonds. The van der Waals surface area contributed by atoms with E-state index in [1.807, 2.05) is 24.3 Å². The molecule has 0 bridgehead atoms. The molecule has 3 rings (SSSR count). The van der Waals surface area contributed by atoms with Crippen molar-refractivity contribution in [3.05, 3.63) is 59.9 Å². The number of hydrogen-bond donors (Lipinski definition) is 1. The summed E-state index contributed by atoms with van der Waals surface area (Å²) in [5.74, 6) is -0.554. The molecule has 1 fully saturated rings. The number of nitrogens with one attached hydrogen (secondary N) is 1. The third kappa shape index (κ3) is 3.92. The number of rotatable bonds is 4. The van der Waals surface area contributed by atoms with E-state index < -0.39 is 0 Å². The highest BCUT2D eigenvalue weighted by Crippen LogP contribution is 2.26. The van der Waals surface area contributed by atoms with Crippen molar-refractivity contribution in [2.45, 2.75) is 6.42 Å². The molecule has 126 valence electrons. The van der Waals surface area contributed by atoms with Crippen LogP contribution in [0.5, 0.6) is 0 Å². The summed E-state index contributed by atoms with van der Waals surface area (Å²) >= 11 is 0. The van der Waals surface area contributed by atoms with Gasteiger partial charge in [0.2, 0.25) is 5.91 Å². The van der Waals surface area contributed by atoms with E-state index in [2.05, 4.69) is 22.2 Å². The van der Waals surface area contributed by atoms with Gasteiger partial charge in [0, 0.05) is 26.2 Å². The summed E-state index contributed by atoms with van der Waals surface area (Å²) in [4.78, 5) is 16.9. The lowest BCUT2D eigenvalue weighted by atomic mass is 10.1. The molecule has 0 aliphatic carbocycles. The molecule has 0 saturated carbocycles. The lowest BCUT2D eigenvalue weighted by Crippen LogP contribution is -2.44. The van der Waals surface area contributed by atoms with Crippen LogP contribution < -0.4 is 10.2 Å². The van der Waals surface area contributed by atoms with Crippen molar-refractivity contribution < 1.29 is 9.18 Å². The Hall–Kier alpha value is -2.40. The Kier molecular flexibility index (Phi) is 5.11. The van der Waals surface area contributed by atoms with Gasteiger partial charge < -0.3 is 15.1 Å². The number of nitrogens with zero attached hydrogens (tertiary/aromatic N) is 2. The Bertz CT molecular complexity index is 711. The zero-order valence-corrected chi connectivity index (χ0v) is 13.8. The summed E-state index contributed by atoms with van der Waals surface area (Å²) in [5, 5.41) is 2.93. The molecular weight excluding hydrogens is 305 g/mol. The van der Waals surface area contributed by atoms with Crippen molar-refractivity contribution >= 4 is 17.3 Å². The van der Waals surface area contributed by atoms with Crippen LogP contribution in [0.2, 0.25) is 0 Å². The average Bonchev–Trinajstić information content (AvgIpc) is 2.58. The molecule has 1 saturated heterocycles. The highest BCUT2D eigenvalue weighted by Gasteiger charge is 2.18.